The molecule has 3 atom stereocenters. The first-order valence-corrected chi connectivity index (χ1v) is 39.9. The highest BCUT2D eigenvalue weighted by atomic mass is 32.2. The molecule has 0 radical (unpaired) electrons. The van der Waals surface area contributed by atoms with Crippen LogP contribution >= 0.6 is 0 Å². The maximum Gasteiger partial charge on any atom is 0.250 e. The zero-order valence-electron chi connectivity index (χ0n) is 63.8. The Hall–Kier alpha value is -9.37. The molecule has 12 heterocycles. The minimum Gasteiger partial charge on any atom is -0.393 e. The van der Waals surface area contributed by atoms with Gasteiger partial charge in [0, 0.05) is 170 Å². The Bertz CT molecular complexity index is 4910. The molecule has 11 aromatic heterocycles. The van der Waals surface area contributed by atoms with Crippen LogP contribution in [0.1, 0.15) is 163 Å². The second kappa shape index (κ2) is 33.6. The number of hydrogen-bond donors (Lipinski definition) is 7. The fourth-order valence-corrected chi connectivity index (χ4v) is 16.8. The van der Waals surface area contributed by atoms with Crippen molar-refractivity contribution in [2.24, 2.45) is 7.05 Å². The molecule has 31 heteroatoms. The van der Waals surface area contributed by atoms with Gasteiger partial charge in [0.05, 0.1) is 116 Å². The van der Waals surface area contributed by atoms with Gasteiger partial charge < -0.3 is 55.4 Å². The van der Waals surface area contributed by atoms with Crippen LogP contribution in [-0.2, 0) is 54.2 Å². The molecule has 1 saturated heterocycles. The lowest BCUT2D eigenvalue weighted by atomic mass is 9.85. The SMILES string of the molecule is C=S1(=O)CCN(C(=O)C(C)(C)n2cc(-c3cc(C4CCC(O)CC4)n4nc(N[C@@H](C)COC)ncc34)cn2)CC1.COC[C@H](C)Nc1ncc2c(-c3cnn(Cc4cc(C)nn4C)c3)cc(C3CCC(O)CC3)n2n1.COC[C@H](C)Nc1ncc2c(-c3cnn(Cc4cc[nH]c4)c3)cc(C3CCC(O)CC3)n2n1. The number of aliphatic hydroxyl groups excluding tert-OH is 3. The lowest BCUT2D eigenvalue weighted by molar-refractivity contribution is -0.139. The number of ether oxygens (including phenoxy) is 3. The molecule has 108 heavy (non-hydrogen) atoms. The second-order valence-electron chi connectivity index (χ2n) is 30.5. The quantitative estimate of drug-likeness (QED) is 0.0277. The summed E-state index contributed by atoms with van der Waals surface area (Å²) >= 11 is 0. The summed E-state index contributed by atoms with van der Waals surface area (Å²) in [6.45, 7) is 15.7. The average Bonchev–Trinajstić information content (AvgIpc) is 1.62. The van der Waals surface area contributed by atoms with E-state index in [1.807, 2.05) is 126 Å². The summed E-state index contributed by atoms with van der Waals surface area (Å²) in [4.78, 5) is 32.1. The molecule has 4 aliphatic rings. The van der Waals surface area contributed by atoms with Gasteiger partial charge >= 0.3 is 0 Å². The molecule has 15 rings (SSSR count). The number of hydrogen-bond acceptors (Lipinski definition) is 21. The lowest BCUT2D eigenvalue weighted by Crippen LogP contribution is -2.52. The number of fused-ring (bicyclic) bond motifs is 3. The van der Waals surface area contributed by atoms with Crippen LogP contribution < -0.4 is 16.0 Å². The van der Waals surface area contributed by atoms with Gasteiger partial charge in [-0.05, 0) is 170 Å². The van der Waals surface area contributed by atoms with Gasteiger partial charge in [-0.3, -0.25) is 27.7 Å². The molecule has 0 unspecified atom stereocenters. The van der Waals surface area contributed by atoms with Crippen LogP contribution in [0.15, 0.2) is 98.5 Å². The lowest BCUT2D eigenvalue weighted by Gasteiger charge is -2.35. The number of nitrogens with zero attached hydrogens (tertiary/aromatic N) is 18. The van der Waals surface area contributed by atoms with E-state index in [-0.39, 0.29) is 48.3 Å². The third-order valence-electron chi connectivity index (χ3n) is 21.4. The van der Waals surface area contributed by atoms with Crippen molar-refractivity contribution in [2.45, 2.75) is 191 Å². The highest BCUT2D eigenvalue weighted by molar-refractivity contribution is 8.00. The van der Waals surface area contributed by atoms with Crippen LogP contribution in [0.2, 0.25) is 0 Å². The molecule has 0 bridgehead atoms. The number of aromatic amines is 1. The maximum absolute atomic E-state index is 13.5. The molecule has 578 valence electrons. The zero-order chi connectivity index (χ0) is 76.0. The van der Waals surface area contributed by atoms with Crippen LogP contribution in [0, 0.1) is 6.92 Å². The monoisotopic (exact) mass is 1500 g/mol. The highest BCUT2D eigenvalue weighted by Crippen LogP contribution is 2.42. The summed E-state index contributed by atoms with van der Waals surface area (Å²) in [5, 5.41) is 72.9. The molecule has 7 N–H and O–H groups in total. The molecule has 3 aliphatic carbocycles. The normalized spacial score (nSPS) is 20.6. The highest BCUT2D eigenvalue weighted by Gasteiger charge is 2.38. The van der Waals surface area contributed by atoms with Gasteiger partial charge in [-0.25, -0.2) is 28.5 Å². The molecule has 0 spiro atoms. The Balaban J connectivity index is 0.000000144. The van der Waals surface area contributed by atoms with Crippen LogP contribution in [0.3, 0.4) is 0 Å². The molecular weight excluding hydrogens is 1390 g/mol. The summed E-state index contributed by atoms with van der Waals surface area (Å²) in [5.41, 5.74) is 14.6. The molecule has 0 aromatic carbocycles. The number of carbonyl (C=O) groups excluding carboxylic acids is 1. The number of rotatable bonds is 24. The summed E-state index contributed by atoms with van der Waals surface area (Å²) in [7, 11) is 4.90. The second-order valence-corrected chi connectivity index (χ2v) is 33.2. The van der Waals surface area contributed by atoms with Crippen molar-refractivity contribution < 1.29 is 38.5 Å². The standard InChI is InChI=1S/C28H41N7O4S.C25H34N8O2.C24H31N7O2/c1-19(18-39-4)31-27-29-16-25-23(14-24(35(25)32-27)20-6-8-22(36)9-7-20)21-15-30-34(17-21)28(2,3)26(37)33-10-12-40(5,38)13-11-33;1-16-9-20(31(3)29-16)14-32-13-19(11-27-32)22-10-23(18-5-7-21(34)8-6-18)33-24(22)12-26-25(30-33)28-17(2)15-35-4;1-16(15-33-2)28-24-26-12-23-21(19-11-27-30(14-19)13-17-7-8-25-10-17)9-22(31(23)29-24)18-3-5-20(32)6-4-18/h14-17,19-20,22,36H,5-13,18H2,1-4H3,(H,31,32);9-13,17-18,21,34H,5-8,14-15H2,1-4H3,(H,28,30);7-12,14,16,18,20,25,32H,3-6,13,15H2,1-2H3,(H,28,29)/t19-,20?,22?;17-,18?,21?;16-,18?,20?/m000/s1. The van der Waals surface area contributed by atoms with Crippen LogP contribution in [0.25, 0.3) is 49.9 Å². The van der Waals surface area contributed by atoms with Crippen molar-refractivity contribution >= 4 is 55.7 Å². The smallest absolute Gasteiger partial charge is 0.250 e. The first-order valence-electron chi connectivity index (χ1n) is 37.8. The minimum absolute atomic E-state index is 0.0451. The molecule has 1 amide bonds. The molecule has 4 fully saturated rings. The van der Waals surface area contributed by atoms with E-state index in [4.69, 9.17) is 29.5 Å². The van der Waals surface area contributed by atoms with Crippen LogP contribution in [-0.4, -0.2) is 226 Å². The largest absolute Gasteiger partial charge is 0.393 e. The fourth-order valence-electron chi connectivity index (χ4n) is 15.5. The predicted molar refractivity (Wildman–Crippen MR) is 417 cm³/mol. The molecule has 3 saturated carbocycles. The summed E-state index contributed by atoms with van der Waals surface area (Å²) in [6, 6.07) is 11.0. The van der Waals surface area contributed by atoms with Crippen molar-refractivity contribution in [3.8, 4) is 33.4 Å². The summed E-state index contributed by atoms with van der Waals surface area (Å²) in [5.74, 6) is 7.24. The number of aryl methyl sites for hydroxylation is 2. The molecule has 11 aromatic rings. The van der Waals surface area contributed by atoms with E-state index < -0.39 is 15.1 Å². The van der Waals surface area contributed by atoms with Gasteiger partial charge in [-0.15, -0.1) is 15.3 Å². The first-order chi connectivity index (χ1) is 52.0. The van der Waals surface area contributed by atoms with E-state index in [9.17, 15) is 24.3 Å². The third kappa shape index (κ3) is 17.8. The first kappa shape index (κ1) is 76.8. The molecular formula is C77H106N22O8S. The van der Waals surface area contributed by atoms with Gasteiger partial charge in [0.25, 0.3) is 0 Å². The number of carbonyl (C=O) groups is 1. The number of anilines is 3. The Morgan fingerprint density at radius 3 is 1.36 bits per heavy atom. The Kier molecular flexibility index (Phi) is 23.9. The van der Waals surface area contributed by atoms with E-state index in [0.717, 1.165) is 155 Å². The number of aliphatic hydroxyl groups is 3. The van der Waals surface area contributed by atoms with Gasteiger partial charge in [0.1, 0.15) is 5.54 Å². The fraction of sp³-hybridized carbons (Fsp3) is 0.532. The Morgan fingerprint density at radius 2 is 0.981 bits per heavy atom. The number of aromatic nitrogens is 18. The van der Waals surface area contributed by atoms with Crippen molar-refractivity contribution in [3.05, 3.63) is 133 Å². The number of H-pyrrole nitrogens is 1. The molecule has 1 aliphatic heterocycles. The Morgan fingerprint density at radius 1 is 0.583 bits per heavy atom. The summed E-state index contributed by atoms with van der Waals surface area (Å²) in [6.07, 6.45) is 30.9. The maximum atomic E-state index is 13.5. The van der Waals surface area contributed by atoms with Crippen LogP contribution in [0.5, 0.6) is 0 Å². The topological polar surface area (TPSA) is 339 Å². The van der Waals surface area contributed by atoms with Crippen molar-refractivity contribution in [1.82, 2.24) is 92.8 Å². The number of methoxy groups -OCH3 is 3. The van der Waals surface area contributed by atoms with Crippen molar-refractivity contribution in [1.29, 1.82) is 0 Å². The molecule has 30 nitrogen and oxygen atoms in total. The number of amides is 1. The third-order valence-corrected chi connectivity index (χ3v) is 23.3. The van der Waals surface area contributed by atoms with Gasteiger partial charge in [-0.2, -0.15) is 20.4 Å². The van der Waals surface area contributed by atoms with Gasteiger partial charge in [0.15, 0.2) is 0 Å². The summed E-state index contributed by atoms with van der Waals surface area (Å²) < 4.78 is 41.5. The minimum atomic E-state index is -2.09. The zero-order valence-corrected chi connectivity index (χ0v) is 64.6. The van der Waals surface area contributed by atoms with Gasteiger partial charge in [0.2, 0.25) is 23.8 Å². The van der Waals surface area contributed by atoms with E-state index in [1.165, 1.54) is 5.56 Å². The van der Waals surface area contributed by atoms with Gasteiger partial charge in [-0.1, -0.05) is 0 Å². The van der Waals surface area contributed by atoms with E-state index in [2.05, 4.69) is 105 Å². The van der Waals surface area contributed by atoms with Crippen molar-refractivity contribution in [3.63, 3.8) is 0 Å². The average molecular weight is 1500 g/mol. The van der Waals surface area contributed by atoms with Crippen molar-refractivity contribution in [2.75, 3.05) is 81.7 Å². The van der Waals surface area contributed by atoms with Crippen LogP contribution in [0.4, 0.5) is 17.8 Å². The van der Waals surface area contributed by atoms with E-state index in [0.29, 0.717) is 87.2 Å². The van der Waals surface area contributed by atoms with E-state index in [1.54, 1.807) is 37.1 Å². The van der Waals surface area contributed by atoms with E-state index >= 15 is 0 Å². The Labute approximate surface area is 630 Å². The number of nitrogens with one attached hydrogen (secondary N) is 4. The predicted octanol–water partition coefficient (Wildman–Crippen LogP) is 8.93.